The van der Waals surface area contributed by atoms with Crippen molar-refractivity contribution in [1.29, 1.82) is 0 Å². The van der Waals surface area contributed by atoms with Crippen molar-refractivity contribution < 1.29 is 27.9 Å². The number of hydrogen-bond acceptors (Lipinski definition) is 5. The maximum atomic E-state index is 12.2. The van der Waals surface area contributed by atoms with E-state index in [1.165, 1.54) is 18.5 Å². The van der Waals surface area contributed by atoms with Crippen LogP contribution in [0, 0.1) is 0 Å². The lowest BCUT2D eigenvalue weighted by Crippen LogP contribution is -2.44. The van der Waals surface area contributed by atoms with E-state index >= 15 is 0 Å². The molecule has 1 unspecified atom stereocenters. The molecule has 1 atom stereocenters. The molecule has 0 aliphatic carbocycles. The van der Waals surface area contributed by atoms with Crippen LogP contribution in [0.15, 0.2) is 18.3 Å². The number of aromatic nitrogens is 3. The fourth-order valence-electron chi connectivity index (χ4n) is 3.87. The van der Waals surface area contributed by atoms with Gasteiger partial charge in [-0.05, 0) is 37.8 Å². The molecule has 9 nitrogen and oxygen atoms in total. The van der Waals surface area contributed by atoms with Crippen LogP contribution in [-0.2, 0) is 4.79 Å². The summed E-state index contributed by atoms with van der Waals surface area (Å²) in [5.74, 6) is -1.69. The molecule has 176 valence electrons. The highest BCUT2D eigenvalue weighted by atomic mass is 19.4. The third-order valence-electron chi connectivity index (χ3n) is 5.49. The Morgan fingerprint density at radius 1 is 1.12 bits per heavy atom. The molecule has 12 heteroatoms. The fourth-order valence-corrected chi connectivity index (χ4v) is 3.87. The van der Waals surface area contributed by atoms with Crippen LogP contribution in [0.1, 0.15) is 37.4 Å². The molecule has 0 bridgehead atoms. The summed E-state index contributed by atoms with van der Waals surface area (Å²) in [5.41, 5.74) is 2.10. The Kier molecular flexibility index (Phi) is 7.09. The first-order valence-corrected chi connectivity index (χ1v) is 10.4. The highest BCUT2D eigenvalue weighted by Crippen LogP contribution is 2.26. The zero-order chi connectivity index (χ0) is 23.5. The minimum atomic E-state index is -5.08. The molecule has 2 fully saturated rings. The van der Waals surface area contributed by atoms with E-state index in [2.05, 4.69) is 23.2 Å². The van der Waals surface area contributed by atoms with Crippen LogP contribution in [0.25, 0.3) is 5.65 Å². The Bertz CT molecular complexity index is 956. The van der Waals surface area contributed by atoms with Gasteiger partial charge in [0.2, 0.25) is 0 Å². The van der Waals surface area contributed by atoms with Crippen molar-refractivity contribution in [2.24, 2.45) is 0 Å². The van der Waals surface area contributed by atoms with E-state index in [4.69, 9.17) is 20.0 Å². The molecule has 4 rings (SSSR count). The van der Waals surface area contributed by atoms with Crippen molar-refractivity contribution in [3.63, 3.8) is 0 Å². The average molecular weight is 456 g/mol. The molecule has 2 saturated heterocycles. The van der Waals surface area contributed by atoms with Crippen LogP contribution in [-0.4, -0.2) is 88.0 Å². The molecule has 1 N–H and O–H groups in total. The number of aliphatic carboxylic acids is 1. The third kappa shape index (κ3) is 5.60. The first-order valence-electron chi connectivity index (χ1n) is 10.4. The first kappa shape index (κ1) is 23.6. The van der Waals surface area contributed by atoms with Gasteiger partial charge in [-0.2, -0.15) is 18.3 Å². The van der Waals surface area contributed by atoms with E-state index in [1.54, 1.807) is 19.0 Å². The quantitative estimate of drug-likeness (QED) is 0.747. The van der Waals surface area contributed by atoms with Gasteiger partial charge in [-0.3, -0.25) is 0 Å². The van der Waals surface area contributed by atoms with Gasteiger partial charge in [-0.15, -0.1) is 0 Å². The van der Waals surface area contributed by atoms with Crippen molar-refractivity contribution in [1.82, 2.24) is 24.4 Å². The van der Waals surface area contributed by atoms with Crippen LogP contribution >= 0.6 is 0 Å². The molecule has 0 aromatic carbocycles. The van der Waals surface area contributed by atoms with Crippen molar-refractivity contribution >= 4 is 23.3 Å². The van der Waals surface area contributed by atoms with Crippen LogP contribution in [0.5, 0.6) is 0 Å². The van der Waals surface area contributed by atoms with Gasteiger partial charge in [-0.25, -0.2) is 19.1 Å². The maximum Gasteiger partial charge on any atom is 0.490 e. The minimum Gasteiger partial charge on any atom is -0.475 e. The summed E-state index contributed by atoms with van der Waals surface area (Å²) in [5, 5.41) is 11.9. The highest BCUT2D eigenvalue weighted by Gasteiger charge is 2.38. The number of carboxylic acids is 1. The van der Waals surface area contributed by atoms with E-state index in [9.17, 15) is 18.0 Å². The number of carbonyl (C=O) groups is 2. The Hall–Kier alpha value is -3.05. The number of pyridine rings is 1. The lowest BCUT2D eigenvalue weighted by molar-refractivity contribution is -0.192. The second-order valence-corrected chi connectivity index (χ2v) is 8.12. The summed E-state index contributed by atoms with van der Waals surface area (Å²) in [6.07, 6.45) is 1.56. The largest absolute Gasteiger partial charge is 0.490 e. The van der Waals surface area contributed by atoms with Gasteiger partial charge in [-0.1, -0.05) is 0 Å². The molecule has 0 radical (unpaired) electrons. The molecule has 0 saturated carbocycles. The Morgan fingerprint density at radius 2 is 1.78 bits per heavy atom. The second kappa shape index (κ2) is 9.61. The predicted octanol–water partition coefficient (Wildman–Crippen LogP) is 2.82. The molecule has 4 heterocycles. The number of piperidine rings is 1. The van der Waals surface area contributed by atoms with Crippen molar-refractivity contribution in [3.8, 4) is 0 Å². The summed E-state index contributed by atoms with van der Waals surface area (Å²) in [7, 11) is 3.60. The van der Waals surface area contributed by atoms with Crippen LogP contribution in [0.3, 0.4) is 0 Å². The smallest absolute Gasteiger partial charge is 0.475 e. The lowest BCUT2D eigenvalue weighted by atomic mass is 9.98. The number of nitrogens with zero attached hydrogens (tertiary/aromatic N) is 6. The van der Waals surface area contributed by atoms with E-state index in [1.807, 2.05) is 9.42 Å². The van der Waals surface area contributed by atoms with Crippen LogP contribution in [0.4, 0.5) is 23.7 Å². The Morgan fingerprint density at radius 3 is 2.38 bits per heavy atom. The molecular formula is C20H27F3N6O3. The van der Waals surface area contributed by atoms with E-state index in [0.29, 0.717) is 6.54 Å². The highest BCUT2D eigenvalue weighted by molar-refractivity contribution is 5.74. The average Bonchev–Trinajstić information content (AvgIpc) is 3.42. The molecule has 2 aliphatic rings. The monoisotopic (exact) mass is 456 g/mol. The third-order valence-corrected chi connectivity index (χ3v) is 5.49. The van der Waals surface area contributed by atoms with Crippen LogP contribution in [0.2, 0.25) is 0 Å². The number of carbonyl (C=O) groups excluding carboxylic acids is 1. The van der Waals surface area contributed by atoms with E-state index in [0.717, 1.165) is 43.9 Å². The lowest BCUT2D eigenvalue weighted by Gasteiger charge is -2.33. The number of carboxylic acid groups (broad SMARTS) is 1. The summed E-state index contributed by atoms with van der Waals surface area (Å²) in [4.78, 5) is 31.8. The zero-order valence-corrected chi connectivity index (χ0v) is 18.0. The Balaban J connectivity index is 0.000000360. The van der Waals surface area contributed by atoms with Gasteiger partial charge in [0.15, 0.2) is 11.5 Å². The number of rotatable bonds is 2. The number of halogens is 3. The van der Waals surface area contributed by atoms with Gasteiger partial charge in [0.25, 0.3) is 0 Å². The van der Waals surface area contributed by atoms with Gasteiger partial charge in [0, 0.05) is 46.2 Å². The molecular weight excluding hydrogens is 429 g/mol. The number of urea groups is 1. The molecule has 2 aromatic rings. The van der Waals surface area contributed by atoms with E-state index < -0.39 is 12.1 Å². The number of likely N-dealkylation sites (tertiary alicyclic amines) is 1. The molecule has 0 spiro atoms. The molecule has 2 amide bonds. The SMILES string of the molecule is CN(C)C(=O)N1CCCC(c2nc3ccc(N4CCCC4)cn3n2)C1.O=C(O)C(F)(F)F. The maximum absolute atomic E-state index is 12.2. The second-order valence-electron chi connectivity index (χ2n) is 8.12. The minimum absolute atomic E-state index is 0.0739. The number of fused-ring (bicyclic) bond motifs is 1. The first-order chi connectivity index (χ1) is 15.1. The summed E-state index contributed by atoms with van der Waals surface area (Å²) < 4.78 is 33.6. The number of hydrogen-bond donors (Lipinski definition) is 1. The van der Waals surface area contributed by atoms with Crippen molar-refractivity contribution in [2.75, 3.05) is 45.2 Å². The summed E-state index contributed by atoms with van der Waals surface area (Å²) in [6.45, 7) is 3.77. The number of amides is 2. The predicted molar refractivity (Wildman–Crippen MR) is 111 cm³/mol. The van der Waals surface area contributed by atoms with Crippen molar-refractivity contribution in [3.05, 3.63) is 24.2 Å². The number of alkyl halides is 3. The standard InChI is InChI=1S/C18H26N6O.C2HF3O2/c1-21(2)18(25)23-11-5-6-14(12-23)17-19-16-8-7-15(13-24(16)20-17)22-9-3-4-10-22;3-2(4,5)1(6)7/h7-8,13-14H,3-6,9-12H2,1-2H3;(H,6,7). The molecule has 2 aromatic heterocycles. The molecule has 32 heavy (non-hydrogen) atoms. The number of anilines is 1. The van der Waals surface area contributed by atoms with Gasteiger partial charge in [0.05, 0.1) is 11.9 Å². The van der Waals surface area contributed by atoms with Crippen molar-refractivity contribution in [2.45, 2.75) is 37.8 Å². The topological polar surface area (TPSA) is 94.3 Å². The van der Waals surface area contributed by atoms with E-state index in [-0.39, 0.29) is 11.9 Å². The van der Waals surface area contributed by atoms with Gasteiger partial charge in [0.1, 0.15) is 0 Å². The summed E-state index contributed by atoms with van der Waals surface area (Å²) in [6, 6.07) is 4.27. The normalized spacial score (nSPS) is 19.0. The molecule has 2 aliphatic heterocycles. The van der Waals surface area contributed by atoms with Gasteiger partial charge >= 0.3 is 18.2 Å². The Labute approximate surface area is 183 Å². The van der Waals surface area contributed by atoms with Gasteiger partial charge < -0.3 is 19.8 Å². The zero-order valence-electron chi connectivity index (χ0n) is 18.0. The summed E-state index contributed by atoms with van der Waals surface area (Å²) >= 11 is 0. The fraction of sp³-hybridized carbons (Fsp3) is 0.600. The van der Waals surface area contributed by atoms with Crippen LogP contribution < -0.4 is 4.90 Å².